The molecule has 2 heteroatoms. The fourth-order valence-electron chi connectivity index (χ4n) is 0.265. The van der Waals surface area contributed by atoms with Gasteiger partial charge in [-0.15, -0.1) is 5.54 Å². The van der Waals surface area contributed by atoms with Crippen LogP contribution >= 0.6 is 0 Å². The lowest BCUT2D eigenvalue weighted by Crippen LogP contribution is -2.28. The van der Waals surface area contributed by atoms with Crippen molar-refractivity contribution >= 4 is 16.6 Å². The van der Waals surface area contributed by atoms with E-state index in [1.165, 1.54) is 0 Å². The minimum Gasteiger partial charge on any atom is -0.129 e. The highest BCUT2D eigenvalue weighted by molar-refractivity contribution is 7.25. The molecule has 1 radical (unpaired) electrons. The van der Waals surface area contributed by atoms with Gasteiger partial charge in [-0.05, 0) is 6.42 Å². The zero-order chi connectivity index (χ0) is 5.91. The van der Waals surface area contributed by atoms with Crippen LogP contribution in [0.15, 0.2) is 0 Å². The first-order valence-corrected chi connectivity index (χ1v) is 8.99. The van der Waals surface area contributed by atoms with Gasteiger partial charge in [0.15, 0.2) is 0 Å². The lowest BCUT2D eigenvalue weighted by atomic mass is 11.4. The van der Waals surface area contributed by atoms with Gasteiger partial charge in [-0.25, -0.2) is 0 Å². The van der Waals surface area contributed by atoms with Crippen molar-refractivity contribution < 1.29 is 0 Å². The van der Waals surface area contributed by atoms with Crippen molar-refractivity contribution in [2.24, 2.45) is 0 Å². The molecule has 0 aliphatic rings. The maximum Gasteiger partial charge on any atom is 0.100 e. The first-order valence-electron chi connectivity index (χ1n) is 2.46. The van der Waals surface area contributed by atoms with Crippen LogP contribution in [0.5, 0.6) is 0 Å². The van der Waals surface area contributed by atoms with E-state index in [0.717, 1.165) is 0 Å². The van der Waals surface area contributed by atoms with Crippen molar-refractivity contribution in [1.29, 1.82) is 0 Å². The molecule has 0 aromatic carbocycles. The molecule has 0 aliphatic heterocycles. The van der Waals surface area contributed by atoms with Crippen LogP contribution in [0.3, 0.4) is 0 Å². The molecule has 0 unspecified atom stereocenters. The van der Waals surface area contributed by atoms with E-state index in [0.29, 0.717) is 0 Å². The van der Waals surface area contributed by atoms with Crippen LogP contribution in [0.4, 0.5) is 0 Å². The molecule has 0 spiro atoms. The summed E-state index contributed by atoms with van der Waals surface area (Å²) < 4.78 is 0. The third-order valence-corrected chi connectivity index (χ3v) is 5.57. The van der Waals surface area contributed by atoms with Crippen LogP contribution in [-0.4, -0.2) is 16.6 Å². The molecule has 0 saturated carbocycles. The Bertz CT molecular complexity index is 83.2. The van der Waals surface area contributed by atoms with Crippen molar-refractivity contribution in [2.75, 3.05) is 0 Å². The summed E-state index contributed by atoms with van der Waals surface area (Å²) in [6, 6.07) is 0. The Kier molecular flexibility index (Phi) is 2.34. The average Bonchev–Trinajstić information content (AvgIpc) is 1.30. The Balaban J connectivity index is 3.40. The van der Waals surface area contributed by atoms with E-state index in [2.05, 4.69) is 25.2 Å². The van der Waals surface area contributed by atoms with Crippen LogP contribution < -0.4 is 0 Å². The smallest absolute Gasteiger partial charge is 0.100 e. The minimum atomic E-state index is -0.817. The molecule has 0 aliphatic carbocycles. The summed E-state index contributed by atoms with van der Waals surface area (Å²) in [5.41, 5.74) is 2.56. The van der Waals surface area contributed by atoms with E-state index < -0.39 is 7.59 Å². The van der Waals surface area contributed by atoms with Gasteiger partial charge in [-0.3, -0.25) is 0 Å². The normalized spacial score (nSPS) is 12.3. The molecule has 0 N–H and O–H groups in total. The van der Waals surface area contributed by atoms with Gasteiger partial charge in [0, 0.05) is 7.59 Å². The first kappa shape index (κ1) is 6.99. The highest BCUT2D eigenvalue weighted by atomic mass is 29.2. The monoisotopic (exact) mass is 127 g/mol. The highest BCUT2D eigenvalue weighted by Gasteiger charge is 2.10. The Morgan fingerprint density at radius 3 is 1.86 bits per heavy atom. The quantitative estimate of drug-likeness (QED) is 0.356. The van der Waals surface area contributed by atoms with E-state index in [4.69, 9.17) is 6.42 Å². The molecule has 0 rings (SSSR count). The molecule has 0 aromatic heterocycles. The van der Waals surface area contributed by atoms with E-state index in [1.54, 1.807) is 0 Å². The van der Waals surface area contributed by atoms with Crippen LogP contribution in [0.2, 0.25) is 19.6 Å². The average molecular weight is 127 g/mol. The molecule has 0 heterocycles. The van der Waals surface area contributed by atoms with E-state index in [1.807, 2.05) is 0 Å². The largest absolute Gasteiger partial charge is 0.129 e. The molecule has 0 bridgehead atoms. The zero-order valence-corrected chi connectivity index (χ0v) is 7.62. The van der Waals surface area contributed by atoms with Crippen LogP contribution in [-0.2, 0) is 0 Å². The zero-order valence-electron chi connectivity index (χ0n) is 5.21. The molecule has 0 fully saturated rings. The highest BCUT2D eigenvalue weighted by Crippen LogP contribution is 1.94. The lowest BCUT2D eigenvalue weighted by molar-refractivity contribution is 1.86. The van der Waals surface area contributed by atoms with Gasteiger partial charge in [-0.2, -0.15) is 0 Å². The Hall–Kier alpha value is -0.00623. The molecule has 0 nitrogen and oxygen atoms in total. The Morgan fingerprint density at radius 2 is 1.86 bits per heavy atom. The van der Waals surface area contributed by atoms with Gasteiger partial charge in [0.1, 0.15) is 9.04 Å². The van der Waals surface area contributed by atoms with Gasteiger partial charge >= 0.3 is 0 Å². The fraction of sp³-hybridized carbons (Fsp3) is 0.600. The summed E-state index contributed by atoms with van der Waals surface area (Å²) in [5.74, 6) is 0. The van der Waals surface area contributed by atoms with Crippen LogP contribution in [0, 0.1) is 12.0 Å². The summed E-state index contributed by atoms with van der Waals surface area (Å²) in [6.07, 6.45) is 6.70. The maximum atomic E-state index is 6.70. The Labute approximate surface area is 48.9 Å². The predicted molar refractivity (Wildman–Crippen MR) is 39.0 cm³/mol. The second-order valence-corrected chi connectivity index (χ2v) is 16.2. The molecular weight excluding hydrogens is 116 g/mol. The van der Waals surface area contributed by atoms with Crippen molar-refractivity contribution in [3.8, 4) is 5.54 Å². The van der Waals surface area contributed by atoms with E-state index in [-0.39, 0.29) is 9.04 Å². The van der Waals surface area contributed by atoms with Crippen LogP contribution in [0.1, 0.15) is 0 Å². The second-order valence-electron chi connectivity index (χ2n) is 2.91. The van der Waals surface area contributed by atoms with Gasteiger partial charge in [-0.1, -0.05) is 19.6 Å². The summed E-state index contributed by atoms with van der Waals surface area (Å²) in [6.45, 7) is 6.88. The molecule has 7 heavy (non-hydrogen) atoms. The number of hydrogen-bond donors (Lipinski definition) is 0. The standard InChI is InChI=1S/C5H11Si2/c1-5-6-7(2,3)4/h6H2,2-4H3. The molecular formula is C5H11Si2. The molecule has 0 atom stereocenters. The van der Waals surface area contributed by atoms with Gasteiger partial charge in [0.25, 0.3) is 0 Å². The Morgan fingerprint density at radius 1 is 1.43 bits per heavy atom. The van der Waals surface area contributed by atoms with E-state index in [9.17, 15) is 0 Å². The van der Waals surface area contributed by atoms with E-state index >= 15 is 0 Å². The number of hydrogen-bond acceptors (Lipinski definition) is 0. The summed E-state index contributed by atoms with van der Waals surface area (Å²) in [7, 11) is -1.00. The third-order valence-electron chi connectivity index (χ3n) is 0.619. The summed E-state index contributed by atoms with van der Waals surface area (Å²) in [4.78, 5) is 0. The molecule has 0 aromatic rings. The number of rotatable bonds is 1. The predicted octanol–water partition coefficient (Wildman–Crippen LogP) is 0.537. The molecule has 0 saturated heterocycles. The van der Waals surface area contributed by atoms with Crippen molar-refractivity contribution in [2.45, 2.75) is 19.6 Å². The van der Waals surface area contributed by atoms with Gasteiger partial charge in [0.2, 0.25) is 0 Å². The molecule has 39 valence electrons. The van der Waals surface area contributed by atoms with Crippen molar-refractivity contribution in [3.63, 3.8) is 0 Å². The lowest BCUT2D eigenvalue weighted by Gasteiger charge is -2.07. The maximum absolute atomic E-state index is 6.70. The molecule has 0 amide bonds. The summed E-state index contributed by atoms with van der Waals surface area (Å²) >= 11 is 0. The summed E-state index contributed by atoms with van der Waals surface area (Å²) in [5, 5.41) is 0. The topological polar surface area (TPSA) is 0 Å². The van der Waals surface area contributed by atoms with Gasteiger partial charge < -0.3 is 0 Å². The SMILES string of the molecule is [C]#C[SiH2][Si](C)(C)C. The minimum absolute atomic E-state index is 0.184. The second kappa shape index (κ2) is 2.34. The van der Waals surface area contributed by atoms with Crippen molar-refractivity contribution in [3.05, 3.63) is 6.42 Å². The third kappa shape index (κ3) is 5.99. The first-order chi connectivity index (χ1) is 3.06. The van der Waals surface area contributed by atoms with Crippen LogP contribution in [0.25, 0.3) is 0 Å². The van der Waals surface area contributed by atoms with Gasteiger partial charge in [0.05, 0.1) is 0 Å². The fourth-order valence-corrected chi connectivity index (χ4v) is 2.39. The van der Waals surface area contributed by atoms with Crippen molar-refractivity contribution in [1.82, 2.24) is 0 Å².